The number of rotatable bonds is 10. The monoisotopic (exact) mass is 557 g/mol. The van der Waals surface area contributed by atoms with Crippen LogP contribution in [0, 0.1) is 16.0 Å². The number of nitro benzene ring substituents is 1. The molecule has 0 bridgehead atoms. The van der Waals surface area contributed by atoms with Gasteiger partial charge in [0.2, 0.25) is 0 Å². The van der Waals surface area contributed by atoms with Gasteiger partial charge in [0.1, 0.15) is 12.1 Å². The number of benzene rings is 2. The van der Waals surface area contributed by atoms with Crippen LogP contribution in [-0.2, 0) is 9.53 Å². The number of ether oxygens (including phenoxy) is 2. The van der Waals surface area contributed by atoms with E-state index in [1.54, 1.807) is 13.0 Å². The molecule has 1 fully saturated rings. The van der Waals surface area contributed by atoms with Crippen LogP contribution in [0.2, 0.25) is 0 Å². The highest BCUT2D eigenvalue weighted by Crippen LogP contribution is 2.35. The lowest BCUT2D eigenvalue weighted by Crippen LogP contribution is -2.36. The molecule has 1 N–H and O–H groups in total. The number of hydrogen-bond acceptors (Lipinski definition) is 9. The number of nitro groups is 1. The van der Waals surface area contributed by atoms with Gasteiger partial charge in [0.15, 0.2) is 5.75 Å². The molecular formula is C25H28BrN5O5. The Bertz CT molecular complexity index is 1230. The van der Waals surface area contributed by atoms with Gasteiger partial charge in [-0.3, -0.25) is 14.9 Å². The van der Waals surface area contributed by atoms with Gasteiger partial charge in [0.25, 0.3) is 0 Å². The quantitative estimate of drug-likeness (QED) is 0.206. The van der Waals surface area contributed by atoms with E-state index in [0.717, 1.165) is 36.1 Å². The third kappa shape index (κ3) is 6.67. The molecule has 0 spiro atoms. The van der Waals surface area contributed by atoms with E-state index in [4.69, 9.17) is 9.47 Å². The van der Waals surface area contributed by atoms with Crippen molar-refractivity contribution in [3.63, 3.8) is 0 Å². The Kier molecular flexibility index (Phi) is 8.65. The molecule has 4 rings (SSSR count). The minimum absolute atomic E-state index is 0.124. The van der Waals surface area contributed by atoms with E-state index < -0.39 is 4.92 Å². The number of carbonyl (C=O) groups is 1. The summed E-state index contributed by atoms with van der Waals surface area (Å²) in [7, 11) is 0. The van der Waals surface area contributed by atoms with E-state index in [1.807, 2.05) is 24.3 Å². The molecule has 0 radical (unpaired) electrons. The number of esters is 1. The molecule has 1 saturated heterocycles. The topological polar surface area (TPSA) is 120 Å². The van der Waals surface area contributed by atoms with Crippen molar-refractivity contribution in [1.82, 2.24) is 14.9 Å². The van der Waals surface area contributed by atoms with Crippen LogP contribution in [0.1, 0.15) is 26.2 Å². The smallest absolute Gasteiger partial charge is 0.311 e. The highest BCUT2D eigenvalue weighted by atomic mass is 79.9. The first-order valence-electron chi connectivity index (χ1n) is 11.9. The second-order valence-corrected chi connectivity index (χ2v) is 9.52. The van der Waals surface area contributed by atoms with E-state index in [9.17, 15) is 14.9 Å². The van der Waals surface area contributed by atoms with Crippen molar-refractivity contribution in [3.05, 3.63) is 57.3 Å². The third-order valence-electron chi connectivity index (χ3n) is 6.12. The number of halogens is 1. The van der Waals surface area contributed by atoms with E-state index in [1.165, 1.54) is 12.4 Å². The summed E-state index contributed by atoms with van der Waals surface area (Å²) in [4.78, 5) is 33.8. The molecule has 36 heavy (non-hydrogen) atoms. The second-order valence-electron chi connectivity index (χ2n) is 8.60. The summed E-state index contributed by atoms with van der Waals surface area (Å²) < 4.78 is 11.9. The molecule has 10 nitrogen and oxygen atoms in total. The van der Waals surface area contributed by atoms with Crippen LogP contribution in [0.4, 0.5) is 17.2 Å². The van der Waals surface area contributed by atoms with E-state index in [-0.39, 0.29) is 23.3 Å². The number of aromatic nitrogens is 2. The first kappa shape index (κ1) is 25.8. The zero-order valence-corrected chi connectivity index (χ0v) is 21.6. The number of likely N-dealkylation sites (tertiary alicyclic amines) is 1. The second kappa shape index (κ2) is 12.1. The molecular weight excluding hydrogens is 530 g/mol. The van der Waals surface area contributed by atoms with Crippen LogP contribution in [0.3, 0.4) is 0 Å². The Morgan fingerprint density at radius 2 is 2.06 bits per heavy atom. The molecule has 1 aromatic heterocycles. The standard InChI is InChI=1S/C25H28BrN5O5/c1-2-35-24(32)8-11-30-9-6-17(7-10-30)15-36-23-14-21-20(13-22(23)31(33)34)25(28-16-27-21)29-19-5-3-4-18(26)12-19/h3-5,12-14,16-17H,2,6-11,15H2,1H3,(H,27,28,29). The lowest BCUT2D eigenvalue weighted by Gasteiger charge is -2.31. The van der Waals surface area contributed by atoms with E-state index >= 15 is 0 Å². The fraction of sp³-hybridized carbons (Fsp3) is 0.400. The Morgan fingerprint density at radius 3 is 2.78 bits per heavy atom. The normalized spacial score (nSPS) is 14.5. The molecule has 190 valence electrons. The average molecular weight is 558 g/mol. The number of fused-ring (bicyclic) bond motifs is 1. The van der Waals surface area contributed by atoms with Crippen LogP contribution >= 0.6 is 15.9 Å². The van der Waals surface area contributed by atoms with Crippen molar-refractivity contribution < 1.29 is 19.2 Å². The number of anilines is 2. The number of nitrogens with one attached hydrogen (secondary N) is 1. The highest BCUT2D eigenvalue weighted by molar-refractivity contribution is 9.10. The lowest BCUT2D eigenvalue weighted by molar-refractivity contribution is -0.385. The maximum absolute atomic E-state index is 11.9. The van der Waals surface area contributed by atoms with Crippen LogP contribution in [0.15, 0.2) is 47.2 Å². The van der Waals surface area contributed by atoms with Gasteiger partial charge < -0.3 is 19.7 Å². The number of carbonyl (C=O) groups excluding carboxylic acids is 1. The summed E-state index contributed by atoms with van der Waals surface area (Å²) in [5.41, 5.74) is 1.22. The largest absolute Gasteiger partial charge is 0.486 e. The Balaban J connectivity index is 1.42. The molecule has 2 aromatic carbocycles. The molecule has 3 aromatic rings. The van der Waals surface area contributed by atoms with Crippen molar-refractivity contribution in [2.45, 2.75) is 26.2 Å². The van der Waals surface area contributed by atoms with Gasteiger partial charge in [-0.15, -0.1) is 0 Å². The van der Waals surface area contributed by atoms with Crippen LogP contribution in [0.5, 0.6) is 5.75 Å². The van der Waals surface area contributed by atoms with Gasteiger partial charge in [-0.05, 0) is 57.0 Å². The van der Waals surface area contributed by atoms with Crippen molar-refractivity contribution in [3.8, 4) is 5.75 Å². The first-order chi connectivity index (χ1) is 17.4. The molecule has 11 heteroatoms. The fourth-order valence-corrected chi connectivity index (χ4v) is 4.60. The minimum atomic E-state index is -0.442. The summed E-state index contributed by atoms with van der Waals surface area (Å²) in [5, 5.41) is 15.6. The minimum Gasteiger partial charge on any atom is -0.486 e. The molecule has 0 unspecified atom stereocenters. The predicted octanol–water partition coefficient (Wildman–Crippen LogP) is 5.09. The zero-order valence-electron chi connectivity index (χ0n) is 20.0. The molecule has 1 aliphatic heterocycles. The third-order valence-corrected chi connectivity index (χ3v) is 6.61. The van der Waals surface area contributed by atoms with Crippen molar-refractivity contribution in [2.75, 3.05) is 38.2 Å². The average Bonchev–Trinajstić information content (AvgIpc) is 2.86. The molecule has 1 aliphatic rings. The van der Waals surface area contributed by atoms with Gasteiger partial charge in [0.05, 0.1) is 35.5 Å². The molecule has 2 heterocycles. The number of hydrogen-bond donors (Lipinski definition) is 1. The SMILES string of the molecule is CCOC(=O)CCN1CCC(COc2cc3ncnc(Nc4cccc(Br)c4)c3cc2[N+](=O)[O-])CC1. The van der Waals surface area contributed by atoms with Gasteiger partial charge in [-0.25, -0.2) is 9.97 Å². The summed E-state index contributed by atoms with van der Waals surface area (Å²) in [6, 6.07) is 10.6. The van der Waals surface area contributed by atoms with Gasteiger partial charge >= 0.3 is 11.7 Å². The Hall–Kier alpha value is -3.31. The predicted molar refractivity (Wildman–Crippen MR) is 140 cm³/mol. The van der Waals surface area contributed by atoms with Gasteiger partial charge in [0, 0.05) is 28.8 Å². The molecule has 0 aliphatic carbocycles. The first-order valence-corrected chi connectivity index (χ1v) is 12.7. The van der Waals surface area contributed by atoms with E-state index in [2.05, 4.69) is 36.1 Å². The maximum Gasteiger partial charge on any atom is 0.311 e. The molecule has 0 atom stereocenters. The summed E-state index contributed by atoms with van der Waals surface area (Å²) >= 11 is 3.44. The van der Waals surface area contributed by atoms with Gasteiger partial charge in [-0.2, -0.15) is 0 Å². The van der Waals surface area contributed by atoms with Crippen molar-refractivity contribution in [2.24, 2.45) is 5.92 Å². The highest BCUT2D eigenvalue weighted by Gasteiger charge is 2.24. The van der Waals surface area contributed by atoms with Gasteiger partial charge in [-0.1, -0.05) is 22.0 Å². The van der Waals surface area contributed by atoms with Crippen molar-refractivity contribution >= 4 is 50.0 Å². The molecule has 0 saturated carbocycles. The summed E-state index contributed by atoms with van der Waals surface area (Å²) in [6.07, 6.45) is 3.60. The van der Waals surface area contributed by atoms with E-state index in [0.29, 0.717) is 42.9 Å². The maximum atomic E-state index is 11.9. The summed E-state index contributed by atoms with van der Waals surface area (Å²) in [5.74, 6) is 0.774. The van der Waals surface area contributed by atoms with Crippen LogP contribution in [0.25, 0.3) is 10.9 Å². The van der Waals surface area contributed by atoms with Crippen LogP contribution < -0.4 is 10.1 Å². The number of piperidine rings is 1. The summed E-state index contributed by atoms with van der Waals surface area (Å²) in [6.45, 7) is 4.96. The Morgan fingerprint density at radius 1 is 1.25 bits per heavy atom. The van der Waals surface area contributed by atoms with Crippen molar-refractivity contribution in [1.29, 1.82) is 0 Å². The van der Waals surface area contributed by atoms with Crippen LogP contribution in [-0.4, -0.2) is 58.6 Å². The lowest BCUT2D eigenvalue weighted by atomic mass is 9.97. The zero-order chi connectivity index (χ0) is 25.5. The molecule has 0 amide bonds. The Labute approximate surface area is 217 Å². The fourth-order valence-electron chi connectivity index (χ4n) is 4.20. The number of nitrogens with zero attached hydrogens (tertiary/aromatic N) is 4.